The Morgan fingerprint density at radius 2 is 1.90 bits per heavy atom. The van der Waals surface area contributed by atoms with Crippen LogP contribution in [0.5, 0.6) is 0 Å². The van der Waals surface area contributed by atoms with Crippen molar-refractivity contribution in [3.05, 3.63) is 35.9 Å². The van der Waals surface area contributed by atoms with Crippen LogP contribution in [-0.4, -0.2) is 50.1 Å². The second kappa shape index (κ2) is 7.42. The Balaban J connectivity index is 1.84. The summed E-state index contributed by atoms with van der Waals surface area (Å²) in [7, 11) is 4.29. The maximum absolute atomic E-state index is 9.40. The molecule has 1 saturated heterocycles. The van der Waals surface area contributed by atoms with Gasteiger partial charge in [-0.25, -0.2) is 0 Å². The SMILES string of the molecule is CN(C)CC1CCN(CC(C#N)c2ccccc2)CC1. The summed E-state index contributed by atoms with van der Waals surface area (Å²) < 4.78 is 0. The first-order valence-corrected chi connectivity index (χ1v) is 7.50. The van der Waals surface area contributed by atoms with E-state index < -0.39 is 0 Å². The second-order valence-corrected chi connectivity index (χ2v) is 6.10. The maximum Gasteiger partial charge on any atom is 0.0839 e. The van der Waals surface area contributed by atoms with Crippen LogP contribution in [0.25, 0.3) is 0 Å². The third-order valence-corrected chi connectivity index (χ3v) is 4.13. The highest BCUT2D eigenvalue weighted by Crippen LogP contribution is 2.22. The average molecular weight is 271 g/mol. The van der Waals surface area contributed by atoms with Gasteiger partial charge in [0.1, 0.15) is 0 Å². The van der Waals surface area contributed by atoms with E-state index in [0.29, 0.717) is 0 Å². The number of hydrogen-bond acceptors (Lipinski definition) is 3. The molecular weight excluding hydrogens is 246 g/mol. The molecule has 1 aliphatic rings. The molecule has 0 amide bonds. The number of piperidine rings is 1. The predicted molar refractivity (Wildman–Crippen MR) is 82.5 cm³/mol. The monoisotopic (exact) mass is 271 g/mol. The largest absolute Gasteiger partial charge is 0.309 e. The molecule has 1 aliphatic heterocycles. The number of likely N-dealkylation sites (tertiary alicyclic amines) is 1. The van der Waals surface area contributed by atoms with E-state index in [1.54, 1.807) is 0 Å². The van der Waals surface area contributed by atoms with Crippen molar-refractivity contribution in [1.82, 2.24) is 9.80 Å². The van der Waals surface area contributed by atoms with E-state index >= 15 is 0 Å². The van der Waals surface area contributed by atoms with Crippen LogP contribution in [0.15, 0.2) is 30.3 Å². The van der Waals surface area contributed by atoms with E-state index in [1.165, 1.54) is 19.4 Å². The van der Waals surface area contributed by atoms with Crippen molar-refractivity contribution in [1.29, 1.82) is 5.26 Å². The lowest BCUT2D eigenvalue weighted by Crippen LogP contribution is -2.38. The van der Waals surface area contributed by atoms with Gasteiger partial charge in [0.05, 0.1) is 12.0 Å². The minimum atomic E-state index is 0.00148. The van der Waals surface area contributed by atoms with Gasteiger partial charge in [0.25, 0.3) is 0 Å². The molecule has 3 heteroatoms. The van der Waals surface area contributed by atoms with Gasteiger partial charge in [-0.1, -0.05) is 30.3 Å². The van der Waals surface area contributed by atoms with Crippen LogP contribution in [0, 0.1) is 17.2 Å². The van der Waals surface area contributed by atoms with Crippen molar-refractivity contribution >= 4 is 0 Å². The van der Waals surface area contributed by atoms with Gasteiger partial charge in [0, 0.05) is 13.1 Å². The van der Waals surface area contributed by atoms with Crippen LogP contribution in [0.4, 0.5) is 0 Å². The number of hydrogen-bond donors (Lipinski definition) is 0. The number of benzene rings is 1. The van der Waals surface area contributed by atoms with Crippen molar-refractivity contribution in [3.63, 3.8) is 0 Å². The minimum Gasteiger partial charge on any atom is -0.309 e. The Bertz CT molecular complexity index is 427. The minimum absolute atomic E-state index is 0.00148. The highest BCUT2D eigenvalue weighted by molar-refractivity contribution is 5.25. The molecule has 0 aromatic heterocycles. The molecule has 0 aliphatic carbocycles. The van der Waals surface area contributed by atoms with E-state index in [9.17, 15) is 5.26 Å². The Hall–Kier alpha value is -1.37. The van der Waals surface area contributed by atoms with Crippen molar-refractivity contribution in [2.45, 2.75) is 18.8 Å². The second-order valence-electron chi connectivity index (χ2n) is 6.10. The number of rotatable bonds is 5. The van der Waals surface area contributed by atoms with Gasteiger partial charge in [-0.3, -0.25) is 0 Å². The normalized spacial score (nSPS) is 18.9. The van der Waals surface area contributed by atoms with Gasteiger partial charge in [-0.15, -0.1) is 0 Å². The van der Waals surface area contributed by atoms with Crippen molar-refractivity contribution in [2.24, 2.45) is 5.92 Å². The molecule has 0 saturated carbocycles. The lowest BCUT2D eigenvalue weighted by molar-refractivity contribution is 0.160. The first kappa shape index (κ1) is 15.0. The van der Waals surface area contributed by atoms with Crippen molar-refractivity contribution < 1.29 is 0 Å². The third kappa shape index (κ3) is 4.33. The fourth-order valence-electron chi connectivity index (χ4n) is 3.03. The standard InChI is InChI=1S/C17H25N3/c1-19(2)13-15-8-10-20(11-9-15)14-17(12-18)16-6-4-3-5-7-16/h3-7,15,17H,8-11,13-14H2,1-2H3. The first-order valence-electron chi connectivity index (χ1n) is 7.50. The van der Waals surface area contributed by atoms with Crippen LogP contribution in [-0.2, 0) is 0 Å². The predicted octanol–water partition coefficient (Wildman–Crippen LogP) is 2.57. The molecule has 1 unspecified atom stereocenters. The summed E-state index contributed by atoms with van der Waals surface area (Å²) in [4.78, 5) is 4.73. The van der Waals surface area contributed by atoms with Gasteiger partial charge < -0.3 is 9.80 Å². The van der Waals surface area contributed by atoms with Crippen LogP contribution in [0.3, 0.4) is 0 Å². The van der Waals surface area contributed by atoms with E-state index in [1.807, 2.05) is 18.2 Å². The summed E-state index contributed by atoms with van der Waals surface area (Å²) in [5, 5.41) is 9.40. The summed E-state index contributed by atoms with van der Waals surface area (Å²) in [5.41, 5.74) is 1.14. The van der Waals surface area contributed by atoms with Crippen LogP contribution in [0.1, 0.15) is 24.3 Å². The summed E-state index contributed by atoms with van der Waals surface area (Å²) in [6.07, 6.45) is 2.51. The average Bonchev–Trinajstić information content (AvgIpc) is 2.47. The van der Waals surface area contributed by atoms with Gasteiger partial charge in [0.15, 0.2) is 0 Å². The Morgan fingerprint density at radius 3 is 2.45 bits per heavy atom. The molecule has 1 atom stereocenters. The Kier molecular flexibility index (Phi) is 5.58. The van der Waals surface area contributed by atoms with E-state index in [2.05, 4.69) is 42.1 Å². The molecule has 0 radical (unpaired) electrons. The fraction of sp³-hybridized carbons (Fsp3) is 0.588. The molecule has 1 heterocycles. The van der Waals surface area contributed by atoms with Crippen LogP contribution in [0.2, 0.25) is 0 Å². The van der Waals surface area contributed by atoms with Crippen molar-refractivity contribution in [3.8, 4) is 6.07 Å². The Morgan fingerprint density at radius 1 is 1.25 bits per heavy atom. The molecular formula is C17H25N3. The van der Waals surface area contributed by atoms with Crippen LogP contribution < -0.4 is 0 Å². The molecule has 108 valence electrons. The fourth-order valence-corrected chi connectivity index (χ4v) is 3.03. The lowest BCUT2D eigenvalue weighted by Gasteiger charge is -2.34. The molecule has 0 spiro atoms. The summed E-state index contributed by atoms with van der Waals surface area (Å²) >= 11 is 0. The summed E-state index contributed by atoms with van der Waals surface area (Å²) in [6.45, 7) is 4.32. The molecule has 1 fully saturated rings. The first-order chi connectivity index (χ1) is 9.69. The van der Waals surface area contributed by atoms with Crippen molar-refractivity contribution in [2.75, 3.05) is 40.3 Å². The molecule has 1 aromatic carbocycles. The number of nitrogens with zero attached hydrogens (tertiary/aromatic N) is 3. The summed E-state index contributed by atoms with van der Waals surface area (Å²) in [6, 6.07) is 12.6. The topological polar surface area (TPSA) is 30.3 Å². The third-order valence-electron chi connectivity index (χ3n) is 4.13. The highest BCUT2D eigenvalue weighted by atomic mass is 15.1. The molecule has 2 rings (SSSR count). The maximum atomic E-state index is 9.40. The number of nitriles is 1. The zero-order chi connectivity index (χ0) is 14.4. The van der Waals surface area contributed by atoms with Gasteiger partial charge in [-0.05, 0) is 51.5 Å². The Labute approximate surface area is 122 Å². The van der Waals surface area contributed by atoms with E-state index in [0.717, 1.165) is 31.1 Å². The molecule has 1 aromatic rings. The van der Waals surface area contributed by atoms with Crippen LogP contribution >= 0.6 is 0 Å². The van der Waals surface area contributed by atoms with E-state index in [4.69, 9.17) is 0 Å². The zero-order valence-corrected chi connectivity index (χ0v) is 12.6. The molecule has 3 nitrogen and oxygen atoms in total. The lowest BCUT2D eigenvalue weighted by atomic mass is 9.94. The zero-order valence-electron chi connectivity index (χ0n) is 12.6. The summed E-state index contributed by atoms with van der Waals surface area (Å²) in [5.74, 6) is 0.820. The smallest absolute Gasteiger partial charge is 0.0839 e. The highest BCUT2D eigenvalue weighted by Gasteiger charge is 2.22. The molecule has 0 bridgehead atoms. The van der Waals surface area contributed by atoms with E-state index in [-0.39, 0.29) is 5.92 Å². The molecule has 0 N–H and O–H groups in total. The van der Waals surface area contributed by atoms with Gasteiger partial charge in [0.2, 0.25) is 0 Å². The van der Waals surface area contributed by atoms with Gasteiger partial charge in [-0.2, -0.15) is 5.26 Å². The molecule has 20 heavy (non-hydrogen) atoms. The van der Waals surface area contributed by atoms with Gasteiger partial charge >= 0.3 is 0 Å². The quantitative estimate of drug-likeness (QED) is 0.824.